The molecular formula is C26H32FN3O3. The summed E-state index contributed by atoms with van der Waals surface area (Å²) in [6.45, 7) is 3.53. The quantitative estimate of drug-likeness (QED) is 0.648. The smallest absolute Gasteiger partial charge is 0.234 e. The Kier molecular flexibility index (Phi) is 7.28. The fourth-order valence-corrected chi connectivity index (χ4v) is 4.91. The number of imide groups is 1. The fourth-order valence-electron chi connectivity index (χ4n) is 4.91. The van der Waals surface area contributed by atoms with Gasteiger partial charge >= 0.3 is 0 Å². The average Bonchev–Trinajstić information content (AvgIpc) is 2.80. The molecule has 33 heavy (non-hydrogen) atoms. The Labute approximate surface area is 194 Å². The summed E-state index contributed by atoms with van der Waals surface area (Å²) in [5.74, 6) is 0.0933. The van der Waals surface area contributed by atoms with Crippen molar-refractivity contribution in [1.82, 2.24) is 10.2 Å². The molecule has 1 atom stereocenters. The lowest BCUT2D eigenvalue weighted by Crippen LogP contribution is -2.39. The van der Waals surface area contributed by atoms with E-state index < -0.39 is 5.92 Å². The molecule has 2 fully saturated rings. The van der Waals surface area contributed by atoms with Gasteiger partial charge in [0.15, 0.2) is 0 Å². The third-order valence-electron chi connectivity index (χ3n) is 6.75. The fraction of sp³-hybridized carbons (Fsp3) is 0.462. The Morgan fingerprint density at radius 2 is 1.82 bits per heavy atom. The number of nitrogens with zero attached hydrogens (tertiary/aromatic N) is 2. The van der Waals surface area contributed by atoms with Crippen LogP contribution < -0.4 is 15.0 Å². The van der Waals surface area contributed by atoms with Crippen molar-refractivity contribution >= 4 is 17.5 Å². The second kappa shape index (κ2) is 10.3. The molecule has 0 aromatic heterocycles. The number of rotatable bonds is 7. The molecule has 6 nitrogen and oxygen atoms in total. The number of amides is 2. The van der Waals surface area contributed by atoms with Crippen molar-refractivity contribution < 1.29 is 18.7 Å². The molecule has 0 saturated carbocycles. The number of piperidine rings is 2. The van der Waals surface area contributed by atoms with E-state index in [0.29, 0.717) is 30.0 Å². The van der Waals surface area contributed by atoms with Gasteiger partial charge in [0.25, 0.3) is 0 Å². The average molecular weight is 454 g/mol. The standard InChI is InChI=1S/C26H32FN3O3/c1-29(16-18-3-6-21(33-2)7-4-18)17-19-11-13-30(14-12-19)24-9-5-20(15-23(24)27)22-8-10-25(31)28-26(22)32/h3-7,9,15,19,22H,8,10-14,16-17H2,1-2H3,(H,28,31,32). The van der Waals surface area contributed by atoms with Crippen molar-refractivity contribution in [2.24, 2.45) is 5.92 Å². The lowest BCUT2D eigenvalue weighted by atomic mass is 9.90. The number of methoxy groups -OCH3 is 1. The molecule has 1 N–H and O–H groups in total. The van der Waals surface area contributed by atoms with Gasteiger partial charge in [0.1, 0.15) is 11.6 Å². The number of hydrogen-bond acceptors (Lipinski definition) is 5. The van der Waals surface area contributed by atoms with Crippen LogP contribution in [0.15, 0.2) is 42.5 Å². The van der Waals surface area contributed by atoms with Gasteiger partial charge < -0.3 is 14.5 Å². The van der Waals surface area contributed by atoms with Crippen molar-refractivity contribution in [2.45, 2.75) is 38.1 Å². The Hall–Kier alpha value is -2.93. The summed E-state index contributed by atoms with van der Waals surface area (Å²) in [5.41, 5.74) is 2.49. The highest BCUT2D eigenvalue weighted by atomic mass is 19.1. The topological polar surface area (TPSA) is 61.9 Å². The highest BCUT2D eigenvalue weighted by Gasteiger charge is 2.29. The Morgan fingerprint density at radius 3 is 2.45 bits per heavy atom. The molecule has 2 aromatic carbocycles. The van der Waals surface area contributed by atoms with Crippen molar-refractivity contribution in [3.8, 4) is 5.75 Å². The van der Waals surface area contributed by atoms with Crippen LogP contribution in [0.25, 0.3) is 0 Å². The molecule has 7 heteroatoms. The lowest BCUT2D eigenvalue weighted by Gasteiger charge is -2.35. The lowest BCUT2D eigenvalue weighted by molar-refractivity contribution is -0.134. The predicted octanol–water partition coefficient (Wildman–Crippen LogP) is 3.70. The van der Waals surface area contributed by atoms with Crippen LogP contribution in [0.3, 0.4) is 0 Å². The SMILES string of the molecule is COc1ccc(CN(C)CC2CCN(c3ccc(C4CCC(=O)NC4=O)cc3F)CC2)cc1. The van der Waals surface area contributed by atoms with Crippen molar-refractivity contribution in [2.75, 3.05) is 38.7 Å². The largest absolute Gasteiger partial charge is 0.497 e. The van der Waals surface area contributed by atoms with E-state index in [9.17, 15) is 14.0 Å². The van der Waals surface area contributed by atoms with E-state index in [2.05, 4.69) is 34.3 Å². The van der Waals surface area contributed by atoms with Gasteiger partial charge in [-0.15, -0.1) is 0 Å². The van der Waals surface area contributed by atoms with Crippen molar-refractivity contribution in [1.29, 1.82) is 0 Å². The highest BCUT2D eigenvalue weighted by molar-refractivity contribution is 6.00. The zero-order valence-electron chi connectivity index (χ0n) is 19.4. The molecule has 2 aliphatic heterocycles. The molecule has 2 aromatic rings. The van der Waals surface area contributed by atoms with Crippen LogP contribution in [0.2, 0.25) is 0 Å². The molecule has 2 amide bonds. The van der Waals surface area contributed by atoms with E-state index in [1.54, 1.807) is 13.2 Å². The van der Waals surface area contributed by atoms with Crippen LogP contribution in [-0.4, -0.2) is 50.5 Å². The van der Waals surface area contributed by atoms with Gasteiger partial charge in [-0.2, -0.15) is 0 Å². The first-order valence-corrected chi connectivity index (χ1v) is 11.6. The Morgan fingerprint density at radius 1 is 1.09 bits per heavy atom. The summed E-state index contributed by atoms with van der Waals surface area (Å²) in [6, 6.07) is 13.2. The first-order chi connectivity index (χ1) is 15.9. The molecule has 2 heterocycles. The minimum Gasteiger partial charge on any atom is -0.497 e. The third-order valence-corrected chi connectivity index (χ3v) is 6.75. The third kappa shape index (κ3) is 5.71. The molecule has 1 unspecified atom stereocenters. The summed E-state index contributed by atoms with van der Waals surface area (Å²) in [6.07, 6.45) is 2.75. The minimum absolute atomic E-state index is 0.258. The zero-order valence-corrected chi connectivity index (χ0v) is 19.4. The van der Waals surface area contributed by atoms with E-state index >= 15 is 0 Å². The molecule has 0 bridgehead atoms. The van der Waals surface area contributed by atoms with E-state index in [1.807, 2.05) is 18.2 Å². The van der Waals surface area contributed by atoms with Gasteiger partial charge in [0.05, 0.1) is 18.7 Å². The van der Waals surface area contributed by atoms with E-state index in [-0.39, 0.29) is 17.6 Å². The second-order valence-electron chi connectivity index (χ2n) is 9.19. The molecule has 0 spiro atoms. The van der Waals surface area contributed by atoms with E-state index in [1.165, 1.54) is 11.6 Å². The van der Waals surface area contributed by atoms with Gasteiger partial charge in [0, 0.05) is 32.6 Å². The maximum Gasteiger partial charge on any atom is 0.234 e. The normalized spacial score (nSPS) is 19.6. The number of hydrogen-bond donors (Lipinski definition) is 1. The van der Waals surface area contributed by atoms with Crippen LogP contribution in [-0.2, 0) is 16.1 Å². The maximum atomic E-state index is 14.9. The Bertz CT molecular complexity index is 987. The van der Waals surface area contributed by atoms with Crippen LogP contribution in [0.4, 0.5) is 10.1 Å². The zero-order chi connectivity index (χ0) is 23.4. The van der Waals surface area contributed by atoms with Crippen LogP contribution in [0.1, 0.15) is 42.7 Å². The molecule has 176 valence electrons. The molecular weight excluding hydrogens is 421 g/mol. The monoisotopic (exact) mass is 453 g/mol. The maximum absolute atomic E-state index is 14.9. The first kappa shape index (κ1) is 23.2. The van der Waals surface area contributed by atoms with Gasteiger partial charge in [-0.25, -0.2) is 4.39 Å². The minimum atomic E-state index is -0.460. The molecule has 2 saturated heterocycles. The Balaban J connectivity index is 1.29. The first-order valence-electron chi connectivity index (χ1n) is 11.6. The number of ether oxygens (including phenoxy) is 1. The summed E-state index contributed by atoms with van der Waals surface area (Å²) in [7, 11) is 3.82. The molecule has 0 radical (unpaired) electrons. The van der Waals surface area contributed by atoms with Crippen LogP contribution in [0.5, 0.6) is 5.75 Å². The summed E-state index contributed by atoms with van der Waals surface area (Å²) < 4.78 is 20.2. The number of anilines is 1. The number of nitrogens with one attached hydrogen (secondary N) is 1. The van der Waals surface area contributed by atoms with E-state index in [4.69, 9.17) is 4.74 Å². The van der Waals surface area contributed by atoms with Crippen LogP contribution in [0, 0.1) is 11.7 Å². The second-order valence-corrected chi connectivity index (χ2v) is 9.19. The van der Waals surface area contributed by atoms with E-state index in [0.717, 1.165) is 44.8 Å². The summed E-state index contributed by atoms with van der Waals surface area (Å²) >= 11 is 0. The van der Waals surface area contributed by atoms with Crippen molar-refractivity contribution in [3.63, 3.8) is 0 Å². The predicted molar refractivity (Wildman–Crippen MR) is 126 cm³/mol. The molecule has 2 aliphatic rings. The number of carbonyl (C=O) groups excluding carboxylic acids is 2. The number of carbonyl (C=O) groups is 2. The summed E-state index contributed by atoms with van der Waals surface area (Å²) in [4.78, 5) is 27.9. The molecule has 0 aliphatic carbocycles. The van der Waals surface area contributed by atoms with Gasteiger partial charge in [-0.3, -0.25) is 14.9 Å². The highest BCUT2D eigenvalue weighted by Crippen LogP contribution is 2.31. The molecule has 4 rings (SSSR count). The number of benzene rings is 2. The van der Waals surface area contributed by atoms with Crippen LogP contribution >= 0.6 is 0 Å². The summed E-state index contributed by atoms with van der Waals surface area (Å²) in [5, 5.41) is 2.35. The van der Waals surface area contributed by atoms with Gasteiger partial charge in [-0.1, -0.05) is 18.2 Å². The number of halogens is 1. The van der Waals surface area contributed by atoms with Gasteiger partial charge in [0.2, 0.25) is 11.8 Å². The van der Waals surface area contributed by atoms with Crippen molar-refractivity contribution in [3.05, 3.63) is 59.4 Å². The van der Waals surface area contributed by atoms with Gasteiger partial charge in [-0.05, 0) is 67.6 Å².